The molecule has 0 fully saturated rings. The highest BCUT2D eigenvalue weighted by atomic mass is 17.1. The molecule has 0 aliphatic carbocycles. The molecule has 0 saturated carbocycles. The molecule has 1 N–H and O–H groups in total. The van der Waals surface area contributed by atoms with Crippen LogP contribution in [0.15, 0.2) is 0 Å². The second-order valence-electron chi connectivity index (χ2n) is 5.55. The van der Waals surface area contributed by atoms with Crippen LogP contribution in [0.3, 0.4) is 0 Å². The molecule has 4 nitrogen and oxygen atoms in total. The molecular weight excluding hydrogens is 256 g/mol. The summed E-state index contributed by atoms with van der Waals surface area (Å²) >= 11 is 0. The Morgan fingerprint density at radius 1 is 0.900 bits per heavy atom. The Bertz CT molecular complexity index is 243. The van der Waals surface area contributed by atoms with E-state index in [2.05, 4.69) is 18.7 Å². The van der Waals surface area contributed by atoms with Crippen LogP contribution >= 0.6 is 0 Å². The van der Waals surface area contributed by atoms with Gasteiger partial charge in [0, 0.05) is 0 Å². The molecule has 4 heteroatoms. The predicted molar refractivity (Wildman–Crippen MR) is 80.6 cm³/mol. The lowest BCUT2D eigenvalue weighted by atomic mass is 9.89. The topological polar surface area (TPSA) is 55.8 Å². The third-order valence-electron chi connectivity index (χ3n) is 3.85. The average Bonchev–Trinajstić information content (AvgIpc) is 2.48. The molecule has 0 aromatic heterocycles. The quantitative estimate of drug-likeness (QED) is 0.230. The highest BCUT2D eigenvalue weighted by Gasteiger charge is 2.40. The van der Waals surface area contributed by atoms with Crippen LogP contribution in [-0.4, -0.2) is 23.9 Å². The Morgan fingerprint density at radius 3 is 1.75 bits per heavy atom. The van der Waals surface area contributed by atoms with E-state index < -0.39 is 11.6 Å². The maximum atomic E-state index is 11.9. The Kier molecular flexibility index (Phi) is 11.8. The molecule has 0 saturated heterocycles. The summed E-state index contributed by atoms with van der Waals surface area (Å²) in [6.07, 6.45) is 10.8. The Labute approximate surface area is 123 Å². The molecule has 0 aliphatic heterocycles. The predicted octanol–water partition coefficient (Wildman–Crippen LogP) is 4.72. The molecule has 0 heterocycles. The third-order valence-corrected chi connectivity index (χ3v) is 3.85. The van der Waals surface area contributed by atoms with E-state index in [1.807, 2.05) is 0 Å². The molecule has 1 unspecified atom stereocenters. The van der Waals surface area contributed by atoms with Gasteiger partial charge in [0.1, 0.15) is 0 Å². The van der Waals surface area contributed by atoms with E-state index in [9.17, 15) is 10.1 Å². The first-order valence-corrected chi connectivity index (χ1v) is 8.07. The van der Waals surface area contributed by atoms with Crippen LogP contribution in [0, 0.1) is 0 Å². The van der Waals surface area contributed by atoms with Gasteiger partial charge in [-0.25, -0.2) is 9.68 Å². The number of rotatable bonds is 13. The zero-order valence-electron chi connectivity index (χ0n) is 13.5. The normalized spacial score (nSPS) is 14.0. The molecule has 0 aromatic rings. The van der Waals surface area contributed by atoms with E-state index in [1.54, 1.807) is 0 Å². The van der Waals surface area contributed by atoms with E-state index in [0.29, 0.717) is 12.8 Å². The van der Waals surface area contributed by atoms with Crippen molar-refractivity contribution in [2.75, 3.05) is 7.11 Å². The number of esters is 1. The van der Waals surface area contributed by atoms with Gasteiger partial charge in [-0.05, 0) is 25.7 Å². The van der Waals surface area contributed by atoms with Crippen molar-refractivity contribution in [1.29, 1.82) is 0 Å². The van der Waals surface area contributed by atoms with Gasteiger partial charge in [-0.15, -0.1) is 0 Å². The van der Waals surface area contributed by atoms with Gasteiger partial charge in [0.2, 0.25) is 0 Å². The monoisotopic (exact) mass is 288 g/mol. The van der Waals surface area contributed by atoms with Crippen molar-refractivity contribution in [1.82, 2.24) is 0 Å². The van der Waals surface area contributed by atoms with E-state index in [0.717, 1.165) is 44.9 Å². The standard InChI is InChI=1S/C16H32O4/c1-4-6-8-10-12-14-16(20-18,15(17)19-3)13-11-9-7-5-2/h18H,4-14H2,1-3H3. The number of unbranched alkanes of at least 4 members (excludes halogenated alkanes) is 7. The molecule has 0 bridgehead atoms. The smallest absolute Gasteiger partial charge is 0.341 e. The summed E-state index contributed by atoms with van der Waals surface area (Å²) in [5.41, 5.74) is -1.16. The van der Waals surface area contributed by atoms with Crippen molar-refractivity contribution < 1.29 is 19.7 Å². The molecule has 120 valence electrons. The molecule has 0 radical (unpaired) electrons. The molecule has 0 spiro atoms. The summed E-state index contributed by atoms with van der Waals surface area (Å²) in [6, 6.07) is 0. The fourth-order valence-electron chi connectivity index (χ4n) is 2.50. The summed E-state index contributed by atoms with van der Waals surface area (Å²) in [5, 5.41) is 9.24. The molecule has 0 aliphatic rings. The summed E-state index contributed by atoms with van der Waals surface area (Å²) in [6.45, 7) is 4.31. The van der Waals surface area contributed by atoms with Crippen molar-refractivity contribution in [2.45, 2.75) is 90.1 Å². The van der Waals surface area contributed by atoms with Gasteiger partial charge in [-0.1, -0.05) is 58.8 Å². The fraction of sp³-hybridized carbons (Fsp3) is 0.938. The molecular formula is C16H32O4. The number of hydrogen-bond acceptors (Lipinski definition) is 4. The van der Waals surface area contributed by atoms with E-state index in [4.69, 9.17) is 4.74 Å². The van der Waals surface area contributed by atoms with Crippen molar-refractivity contribution in [3.8, 4) is 0 Å². The van der Waals surface area contributed by atoms with Gasteiger partial charge in [0.15, 0.2) is 5.60 Å². The molecule has 0 rings (SSSR count). The number of hydrogen-bond donors (Lipinski definition) is 1. The lowest BCUT2D eigenvalue weighted by Gasteiger charge is -2.27. The van der Waals surface area contributed by atoms with Crippen molar-refractivity contribution in [2.24, 2.45) is 0 Å². The van der Waals surface area contributed by atoms with Crippen molar-refractivity contribution in [3.05, 3.63) is 0 Å². The lowest BCUT2D eigenvalue weighted by Crippen LogP contribution is -2.42. The number of ether oxygens (including phenoxy) is 1. The summed E-state index contributed by atoms with van der Waals surface area (Å²) in [4.78, 5) is 16.5. The molecule has 1 atom stereocenters. The highest BCUT2D eigenvalue weighted by molar-refractivity contribution is 5.79. The van der Waals surface area contributed by atoms with Crippen LogP contribution in [0.5, 0.6) is 0 Å². The summed E-state index contributed by atoms with van der Waals surface area (Å²) < 4.78 is 4.82. The van der Waals surface area contributed by atoms with Crippen LogP contribution in [0.2, 0.25) is 0 Å². The van der Waals surface area contributed by atoms with E-state index in [1.165, 1.54) is 20.0 Å². The second kappa shape index (κ2) is 12.2. The van der Waals surface area contributed by atoms with Crippen LogP contribution in [0.1, 0.15) is 84.5 Å². The summed E-state index contributed by atoms with van der Waals surface area (Å²) in [7, 11) is 1.35. The highest BCUT2D eigenvalue weighted by Crippen LogP contribution is 2.28. The van der Waals surface area contributed by atoms with Crippen LogP contribution in [0.25, 0.3) is 0 Å². The first-order valence-electron chi connectivity index (χ1n) is 8.07. The molecule has 20 heavy (non-hydrogen) atoms. The van der Waals surface area contributed by atoms with E-state index >= 15 is 0 Å². The lowest BCUT2D eigenvalue weighted by molar-refractivity contribution is -0.321. The fourth-order valence-corrected chi connectivity index (χ4v) is 2.50. The SMILES string of the molecule is CCCCCCCC(CCCCCC)(OO)C(=O)OC. The maximum absolute atomic E-state index is 11.9. The summed E-state index contributed by atoms with van der Waals surface area (Å²) in [5.74, 6) is -0.452. The largest absolute Gasteiger partial charge is 0.467 e. The number of carbonyl (C=O) groups is 1. The van der Waals surface area contributed by atoms with E-state index in [-0.39, 0.29) is 0 Å². The van der Waals surface area contributed by atoms with Crippen molar-refractivity contribution in [3.63, 3.8) is 0 Å². The van der Waals surface area contributed by atoms with Gasteiger partial charge in [-0.3, -0.25) is 5.26 Å². The Hall–Kier alpha value is -0.610. The average molecular weight is 288 g/mol. The minimum Gasteiger partial charge on any atom is -0.467 e. The maximum Gasteiger partial charge on any atom is 0.341 e. The van der Waals surface area contributed by atoms with Gasteiger partial charge in [0.05, 0.1) is 7.11 Å². The van der Waals surface area contributed by atoms with Gasteiger partial charge in [-0.2, -0.15) is 0 Å². The Morgan fingerprint density at radius 2 is 1.35 bits per heavy atom. The zero-order chi connectivity index (χ0) is 15.3. The first kappa shape index (κ1) is 19.4. The number of methoxy groups -OCH3 is 1. The van der Waals surface area contributed by atoms with Crippen LogP contribution in [0.4, 0.5) is 0 Å². The Balaban J connectivity index is 4.32. The van der Waals surface area contributed by atoms with Crippen LogP contribution in [-0.2, 0) is 14.4 Å². The number of carbonyl (C=O) groups excluding carboxylic acids is 1. The molecule has 0 amide bonds. The van der Waals surface area contributed by atoms with Gasteiger partial charge in [0.25, 0.3) is 0 Å². The van der Waals surface area contributed by atoms with Gasteiger partial charge >= 0.3 is 5.97 Å². The minimum absolute atomic E-state index is 0.452. The first-order chi connectivity index (χ1) is 9.66. The zero-order valence-corrected chi connectivity index (χ0v) is 13.5. The van der Waals surface area contributed by atoms with Crippen molar-refractivity contribution >= 4 is 5.97 Å². The second-order valence-corrected chi connectivity index (χ2v) is 5.55. The van der Waals surface area contributed by atoms with Gasteiger partial charge < -0.3 is 4.74 Å². The minimum atomic E-state index is -1.16. The van der Waals surface area contributed by atoms with Crippen LogP contribution < -0.4 is 0 Å². The third kappa shape index (κ3) is 7.25. The molecule has 0 aromatic carbocycles.